The number of fused-ring (bicyclic) bond motifs is 13. The summed E-state index contributed by atoms with van der Waals surface area (Å²) in [5.74, 6) is 4.81. The quantitative estimate of drug-likeness (QED) is 0.258. The molecule has 4 saturated carbocycles. The van der Waals surface area contributed by atoms with Crippen LogP contribution < -0.4 is 0 Å². The summed E-state index contributed by atoms with van der Waals surface area (Å²) in [7, 11) is 0. The zero-order valence-corrected chi connectivity index (χ0v) is 39.7. The number of nitrogens with zero attached hydrogens (tertiary/aromatic N) is 2. The Kier molecular flexibility index (Phi) is 8.14. The van der Waals surface area contributed by atoms with E-state index in [-0.39, 0.29) is 63.3 Å². The van der Waals surface area contributed by atoms with Gasteiger partial charge in [-0.3, -0.25) is 9.97 Å². The van der Waals surface area contributed by atoms with Crippen molar-refractivity contribution in [3.05, 3.63) is 46.1 Å². The van der Waals surface area contributed by atoms with Gasteiger partial charge >= 0.3 is 0 Å². The average Bonchev–Trinajstić information content (AvgIpc) is 3.96. The van der Waals surface area contributed by atoms with Gasteiger partial charge in [0.2, 0.25) is 0 Å². The van der Waals surface area contributed by atoms with Gasteiger partial charge in [0.15, 0.2) is 11.6 Å². The van der Waals surface area contributed by atoms with E-state index in [4.69, 9.17) is 33.7 Å². The van der Waals surface area contributed by atoms with Crippen LogP contribution in [0.3, 0.4) is 0 Å². The molecular weight excluding hydrogens is 785 g/mol. The lowest BCUT2D eigenvalue weighted by atomic mass is 9.43. The predicted molar refractivity (Wildman–Crippen MR) is 238 cm³/mol. The second kappa shape index (κ2) is 12.7. The molecule has 0 unspecified atom stereocenters. The van der Waals surface area contributed by atoms with E-state index >= 15 is 0 Å². The molecule has 3 spiro atoms. The fraction of sp³-hybridized carbons (Fsp3) is 0.855. The topological polar surface area (TPSA) is 92.2 Å². The number of hydrogen-bond donors (Lipinski definition) is 1. The van der Waals surface area contributed by atoms with Gasteiger partial charge < -0.3 is 28.8 Å². The van der Waals surface area contributed by atoms with Crippen molar-refractivity contribution in [1.82, 2.24) is 9.97 Å². The first kappa shape index (κ1) is 40.4. The smallest absolute Gasteiger partial charge is 0.174 e. The van der Waals surface area contributed by atoms with Crippen LogP contribution in [-0.4, -0.2) is 70.4 Å². The van der Waals surface area contributed by atoms with Crippen LogP contribution >= 0.6 is 0 Å². The van der Waals surface area contributed by atoms with Crippen molar-refractivity contribution in [3.63, 3.8) is 0 Å². The third-order valence-electron chi connectivity index (χ3n) is 23.8. The summed E-state index contributed by atoms with van der Waals surface area (Å²) < 4.78 is 34.6. The van der Waals surface area contributed by atoms with Gasteiger partial charge in [0, 0.05) is 41.4 Å². The number of hydrogen-bond acceptors (Lipinski definition) is 8. The maximum Gasteiger partial charge on any atom is 0.174 e. The third-order valence-corrected chi connectivity index (χ3v) is 23.8. The van der Waals surface area contributed by atoms with Crippen LogP contribution in [0.25, 0.3) is 0 Å². The lowest BCUT2D eigenvalue weighted by molar-refractivity contribution is -0.266. The highest BCUT2D eigenvalue weighted by Gasteiger charge is 2.80. The maximum atomic E-state index is 12.5. The molecular formula is C55H76N2O6. The second-order valence-electron chi connectivity index (χ2n) is 26.0. The van der Waals surface area contributed by atoms with Crippen molar-refractivity contribution >= 4 is 0 Å². The molecule has 5 saturated heterocycles. The molecule has 342 valence electrons. The Hall–Kier alpha value is -1.68. The lowest BCUT2D eigenvalue weighted by Crippen LogP contribution is -2.60. The molecule has 1 N–H and O–H groups in total. The minimum Gasteiger partial charge on any atom is -0.392 e. The average molecular weight is 861 g/mol. The molecule has 0 aromatic carbocycles. The highest BCUT2D eigenvalue weighted by molar-refractivity contribution is 5.44. The van der Waals surface area contributed by atoms with Crippen LogP contribution in [0, 0.1) is 92.7 Å². The summed E-state index contributed by atoms with van der Waals surface area (Å²) in [6.07, 6.45) is 20.3. The standard InChI is InChI=1S/C55H76N2O6/c1-28-13-15-53(59-25-28)30(3)48-45(62-53)20-39-35-11-9-33-19-42-44(24-50(33,6)38(35)21-46(58)51(39,48)7)57-41-18-32-10-12-36-37(49(32,5)23-43(41)56-42)17-34-27-61-55-31(4)54(16-14-29(2)26-60-54)63-47(55)22-40(36)52(34,55)8/h20,22,28-38,45-48,58H,9-19,21,23-27H2,1-8H3/t28-,29-,30+,31-,32+,33+,34-,35-,36-,37+,38+,45+,46-,47+,48+,49+,50+,51-,52+,53-,54-,55-/m1/s1. The second-order valence-corrected chi connectivity index (χ2v) is 26.0. The molecule has 1 aromatic heterocycles. The van der Waals surface area contributed by atoms with Crippen molar-refractivity contribution in [2.24, 2.45) is 92.7 Å². The largest absolute Gasteiger partial charge is 0.392 e. The van der Waals surface area contributed by atoms with Gasteiger partial charge in [0.25, 0.3) is 0 Å². The van der Waals surface area contributed by atoms with Gasteiger partial charge in [-0.1, -0.05) is 78.7 Å². The van der Waals surface area contributed by atoms with E-state index in [1.54, 1.807) is 5.57 Å². The summed E-state index contributed by atoms with van der Waals surface area (Å²) in [6.45, 7) is 22.0. The predicted octanol–water partition coefficient (Wildman–Crippen LogP) is 9.39. The fourth-order valence-electron chi connectivity index (χ4n) is 20.0. The number of aliphatic hydroxyl groups excluding tert-OH is 1. The SMILES string of the molecule is C[C@@H]1CC[C@@]2(OC1)O[C@H]1C=C3[C@@H]4CC[C@H]5Cc6nc7c(nc6C[C@]5(C)[C@H]4C[C@@H]4CO[C@@]1([C@@H]2C)[C@]34C)C[C@@H]1CC[C@H]2C3=C[C@@H]4O[C@]5(CC[C@@H](C)CO5)[C@@H](C)[C@@H]4[C@@]3(C)[C@H](O)C[C@@H]2[C@@]1(C)C7. The molecule has 9 fully saturated rings. The summed E-state index contributed by atoms with van der Waals surface area (Å²) in [5, 5.41) is 12.5. The van der Waals surface area contributed by atoms with Crippen LogP contribution in [0.4, 0.5) is 0 Å². The molecule has 0 amide bonds. The van der Waals surface area contributed by atoms with E-state index in [2.05, 4.69) is 67.5 Å². The number of aromatic nitrogens is 2. The van der Waals surface area contributed by atoms with Gasteiger partial charge in [0.05, 0.1) is 54.8 Å². The van der Waals surface area contributed by atoms with Gasteiger partial charge in [-0.05, 0) is 141 Å². The number of ether oxygens (including phenoxy) is 5. The van der Waals surface area contributed by atoms with Crippen molar-refractivity contribution in [2.75, 3.05) is 19.8 Å². The van der Waals surface area contributed by atoms with Crippen LogP contribution in [0.15, 0.2) is 23.3 Å². The zero-order valence-electron chi connectivity index (χ0n) is 39.7. The Balaban J connectivity index is 0.736. The first-order valence-electron chi connectivity index (χ1n) is 26.4. The Morgan fingerprint density at radius 2 is 1.22 bits per heavy atom. The molecule has 13 aliphatic rings. The first-order valence-corrected chi connectivity index (χ1v) is 26.4. The Labute approximate surface area is 376 Å². The van der Waals surface area contributed by atoms with Crippen molar-refractivity contribution < 1.29 is 28.8 Å². The fourth-order valence-corrected chi connectivity index (χ4v) is 20.0. The molecule has 0 bridgehead atoms. The lowest BCUT2D eigenvalue weighted by Gasteiger charge is -2.61. The first-order chi connectivity index (χ1) is 30.1. The van der Waals surface area contributed by atoms with Crippen LogP contribution in [0.5, 0.6) is 0 Å². The molecule has 0 radical (unpaired) electrons. The van der Waals surface area contributed by atoms with E-state index < -0.39 is 11.6 Å². The Morgan fingerprint density at radius 1 is 0.619 bits per heavy atom. The normalized spacial score (nSPS) is 58.9. The van der Waals surface area contributed by atoms with E-state index in [0.717, 1.165) is 77.6 Å². The summed E-state index contributed by atoms with van der Waals surface area (Å²) in [5.41, 5.74) is 8.13. The molecule has 8 heteroatoms. The monoisotopic (exact) mass is 861 g/mol. The van der Waals surface area contributed by atoms with Crippen LogP contribution in [-0.2, 0) is 49.4 Å². The van der Waals surface area contributed by atoms with Gasteiger partial charge in [-0.2, -0.15) is 0 Å². The molecule has 5 aliphatic heterocycles. The summed E-state index contributed by atoms with van der Waals surface area (Å²) in [4.78, 5) is 11.5. The van der Waals surface area contributed by atoms with E-state index in [9.17, 15) is 5.11 Å². The van der Waals surface area contributed by atoms with Crippen molar-refractivity contribution in [3.8, 4) is 0 Å². The van der Waals surface area contributed by atoms with Gasteiger partial charge in [-0.15, -0.1) is 0 Å². The Bertz CT molecular complexity index is 2210. The highest BCUT2D eigenvalue weighted by atomic mass is 16.7. The highest BCUT2D eigenvalue weighted by Crippen LogP contribution is 2.76. The van der Waals surface area contributed by atoms with Crippen molar-refractivity contribution in [2.45, 2.75) is 181 Å². The molecule has 8 nitrogen and oxygen atoms in total. The number of aliphatic hydroxyl groups is 1. The van der Waals surface area contributed by atoms with Crippen molar-refractivity contribution in [1.29, 1.82) is 0 Å². The third kappa shape index (κ3) is 4.68. The molecule has 22 atom stereocenters. The minimum absolute atomic E-state index is 0.00649. The van der Waals surface area contributed by atoms with Gasteiger partial charge in [0.1, 0.15) is 11.7 Å². The van der Waals surface area contributed by atoms with E-state index in [0.29, 0.717) is 53.3 Å². The van der Waals surface area contributed by atoms with E-state index in [1.807, 2.05) is 0 Å². The van der Waals surface area contributed by atoms with Gasteiger partial charge in [-0.25, -0.2) is 0 Å². The minimum atomic E-state index is -0.507. The molecule has 1 aromatic rings. The molecule has 14 rings (SSSR count). The Morgan fingerprint density at radius 3 is 1.84 bits per heavy atom. The zero-order chi connectivity index (χ0) is 43.0. The summed E-state index contributed by atoms with van der Waals surface area (Å²) in [6, 6.07) is 0. The van der Waals surface area contributed by atoms with Crippen LogP contribution in [0.1, 0.15) is 142 Å². The maximum absolute atomic E-state index is 12.5. The summed E-state index contributed by atoms with van der Waals surface area (Å²) >= 11 is 0. The van der Waals surface area contributed by atoms with Crippen LogP contribution in [0.2, 0.25) is 0 Å². The molecule has 6 heterocycles. The molecule has 63 heavy (non-hydrogen) atoms. The van der Waals surface area contributed by atoms with E-state index in [1.165, 1.54) is 60.5 Å². The number of rotatable bonds is 0. The molecule has 8 aliphatic carbocycles.